The highest BCUT2D eigenvalue weighted by Gasteiger charge is 2.00. The monoisotopic (exact) mass is 172 g/mol. The molecule has 0 aromatic carbocycles. The number of aliphatic imine (C=N–C) groups is 1. The van der Waals surface area contributed by atoms with Crippen LogP contribution in [0.15, 0.2) is 16.8 Å². The van der Waals surface area contributed by atoms with E-state index in [9.17, 15) is 4.79 Å². The Kier molecular flexibility index (Phi) is 5.64. The second-order valence-corrected chi connectivity index (χ2v) is 1.96. The van der Waals surface area contributed by atoms with Gasteiger partial charge in [0.25, 0.3) is 0 Å². The van der Waals surface area contributed by atoms with Gasteiger partial charge in [-0.25, -0.2) is 4.79 Å². The second-order valence-electron chi connectivity index (χ2n) is 1.96. The Bertz CT molecular complexity index is 199. The molecule has 3 N–H and O–H groups in total. The lowest BCUT2D eigenvalue weighted by atomic mass is 10.3. The van der Waals surface area contributed by atoms with Crippen LogP contribution in [-0.2, 0) is 9.53 Å². The van der Waals surface area contributed by atoms with E-state index in [1.165, 1.54) is 6.21 Å². The van der Waals surface area contributed by atoms with Crippen LogP contribution >= 0.6 is 0 Å². The molecule has 0 amide bonds. The third-order valence-electron chi connectivity index (χ3n) is 1.08. The highest BCUT2D eigenvalue weighted by Crippen LogP contribution is 1.86. The van der Waals surface area contributed by atoms with Gasteiger partial charge in [-0.2, -0.15) is 0 Å². The van der Waals surface area contributed by atoms with Crippen molar-refractivity contribution in [3.8, 4) is 0 Å². The number of methoxy groups -OCH3 is 1. The van der Waals surface area contributed by atoms with Crippen LogP contribution in [0, 0.1) is 0 Å². The number of aliphatic carboxylic acids is 1. The Hall–Kier alpha value is -1.36. The zero-order valence-electron chi connectivity index (χ0n) is 6.86. The minimum atomic E-state index is -1.08. The van der Waals surface area contributed by atoms with E-state index in [-0.39, 0.29) is 5.57 Å². The van der Waals surface area contributed by atoms with Gasteiger partial charge in [0, 0.05) is 19.5 Å². The van der Waals surface area contributed by atoms with Crippen LogP contribution in [0.25, 0.3) is 0 Å². The number of rotatable bonds is 5. The molecule has 0 aromatic heterocycles. The van der Waals surface area contributed by atoms with Crippen LogP contribution in [0.4, 0.5) is 0 Å². The molecule has 0 saturated heterocycles. The summed E-state index contributed by atoms with van der Waals surface area (Å²) in [5.41, 5.74) is 5.00. The lowest BCUT2D eigenvalue weighted by molar-refractivity contribution is -0.132. The molecule has 0 fully saturated rings. The van der Waals surface area contributed by atoms with E-state index >= 15 is 0 Å². The fraction of sp³-hybridized carbons (Fsp3) is 0.429. The summed E-state index contributed by atoms with van der Waals surface area (Å²) in [5, 5.41) is 8.46. The molecule has 0 bridgehead atoms. The average molecular weight is 172 g/mol. The van der Waals surface area contributed by atoms with Crippen LogP contribution < -0.4 is 5.73 Å². The molecule has 0 spiro atoms. The molecular formula is C7H12N2O3. The maximum Gasteiger partial charge on any atom is 0.338 e. The maximum atomic E-state index is 10.3. The molecule has 0 radical (unpaired) electrons. The molecule has 0 rings (SSSR count). The predicted octanol–water partition coefficient (Wildman–Crippen LogP) is -0.369. The molecular weight excluding hydrogens is 160 g/mol. The first-order valence-corrected chi connectivity index (χ1v) is 3.36. The van der Waals surface area contributed by atoms with Crippen molar-refractivity contribution in [1.82, 2.24) is 0 Å². The Labute approximate surface area is 70.5 Å². The van der Waals surface area contributed by atoms with Crippen LogP contribution in [0.1, 0.15) is 0 Å². The molecule has 5 heteroatoms. The number of hydrogen-bond donors (Lipinski definition) is 2. The number of carboxylic acids is 1. The molecule has 0 heterocycles. The van der Waals surface area contributed by atoms with Crippen LogP contribution in [0.5, 0.6) is 0 Å². The first-order chi connectivity index (χ1) is 5.72. The molecule has 0 aliphatic carbocycles. The summed E-state index contributed by atoms with van der Waals surface area (Å²) in [7, 11) is 1.55. The van der Waals surface area contributed by atoms with E-state index in [2.05, 4.69) is 4.99 Å². The van der Waals surface area contributed by atoms with Crippen molar-refractivity contribution in [1.29, 1.82) is 0 Å². The quantitative estimate of drug-likeness (QED) is 0.336. The van der Waals surface area contributed by atoms with E-state index < -0.39 is 5.97 Å². The fourth-order valence-corrected chi connectivity index (χ4v) is 0.476. The Balaban J connectivity index is 3.87. The second kappa shape index (κ2) is 6.36. The predicted molar refractivity (Wildman–Crippen MR) is 45.1 cm³/mol. The first kappa shape index (κ1) is 10.6. The maximum absolute atomic E-state index is 10.3. The van der Waals surface area contributed by atoms with Crippen molar-refractivity contribution in [2.75, 3.05) is 20.3 Å². The lowest BCUT2D eigenvalue weighted by Gasteiger charge is -1.92. The van der Waals surface area contributed by atoms with Crippen LogP contribution in [0.2, 0.25) is 0 Å². The summed E-state index contributed by atoms with van der Waals surface area (Å²) >= 11 is 0. The van der Waals surface area contributed by atoms with Gasteiger partial charge in [-0.1, -0.05) is 0 Å². The van der Waals surface area contributed by atoms with Gasteiger partial charge in [-0.05, 0) is 0 Å². The number of ether oxygens (including phenoxy) is 1. The van der Waals surface area contributed by atoms with Gasteiger partial charge in [0.15, 0.2) is 0 Å². The molecule has 0 aromatic rings. The normalized spacial score (nSPS) is 12.2. The van der Waals surface area contributed by atoms with Crippen LogP contribution in [0.3, 0.4) is 0 Å². The zero-order valence-corrected chi connectivity index (χ0v) is 6.86. The van der Waals surface area contributed by atoms with Crippen molar-refractivity contribution in [2.24, 2.45) is 10.7 Å². The van der Waals surface area contributed by atoms with E-state index in [1.54, 1.807) is 7.11 Å². The van der Waals surface area contributed by atoms with Crippen molar-refractivity contribution in [2.45, 2.75) is 0 Å². The lowest BCUT2D eigenvalue weighted by Crippen LogP contribution is -2.05. The minimum absolute atomic E-state index is 0.0221. The molecule has 5 nitrogen and oxygen atoms in total. The third kappa shape index (κ3) is 4.45. The van der Waals surface area contributed by atoms with Crippen molar-refractivity contribution in [3.05, 3.63) is 11.8 Å². The van der Waals surface area contributed by atoms with Crippen molar-refractivity contribution in [3.63, 3.8) is 0 Å². The molecule has 0 saturated carbocycles. The van der Waals surface area contributed by atoms with Crippen LogP contribution in [-0.4, -0.2) is 37.6 Å². The Morgan fingerprint density at radius 1 is 1.75 bits per heavy atom. The standard InChI is InChI=1S/C7H12N2O3/c1-12-3-2-9-5-6(4-8)7(10)11/h4-5H,2-3,8H2,1H3,(H,10,11). The van der Waals surface area contributed by atoms with Crippen molar-refractivity contribution >= 4 is 12.2 Å². The summed E-state index contributed by atoms with van der Waals surface area (Å²) in [6.45, 7) is 0.898. The highest BCUT2D eigenvalue weighted by atomic mass is 16.5. The van der Waals surface area contributed by atoms with Gasteiger partial charge < -0.3 is 15.6 Å². The third-order valence-corrected chi connectivity index (χ3v) is 1.08. The zero-order chi connectivity index (χ0) is 9.40. The summed E-state index contributed by atoms with van der Waals surface area (Å²) < 4.78 is 4.71. The number of hydrogen-bond acceptors (Lipinski definition) is 4. The molecule has 68 valence electrons. The topological polar surface area (TPSA) is 84.9 Å². The first-order valence-electron chi connectivity index (χ1n) is 3.36. The van der Waals surface area contributed by atoms with E-state index in [1.807, 2.05) is 0 Å². The van der Waals surface area contributed by atoms with Gasteiger partial charge in [0.2, 0.25) is 0 Å². The van der Waals surface area contributed by atoms with Crippen molar-refractivity contribution < 1.29 is 14.6 Å². The molecule has 0 unspecified atom stereocenters. The summed E-state index contributed by atoms with van der Waals surface area (Å²) in [6.07, 6.45) is 2.21. The van der Waals surface area contributed by atoms with E-state index in [0.717, 1.165) is 6.20 Å². The smallest absolute Gasteiger partial charge is 0.338 e. The minimum Gasteiger partial charge on any atom is -0.478 e. The summed E-state index contributed by atoms with van der Waals surface area (Å²) in [5.74, 6) is -1.08. The number of carbonyl (C=O) groups is 1. The molecule has 0 aliphatic heterocycles. The fourth-order valence-electron chi connectivity index (χ4n) is 0.476. The van der Waals surface area contributed by atoms with E-state index in [4.69, 9.17) is 15.6 Å². The molecule has 12 heavy (non-hydrogen) atoms. The summed E-state index contributed by atoms with van der Waals surface area (Å²) in [6, 6.07) is 0. The molecule has 0 atom stereocenters. The van der Waals surface area contributed by atoms with Gasteiger partial charge >= 0.3 is 5.97 Å². The summed E-state index contributed by atoms with van der Waals surface area (Å²) in [4.78, 5) is 14.1. The van der Waals surface area contributed by atoms with Gasteiger partial charge in [0.1, 0.15) is 0 Å². The average Bonchev–Trinajstić information content (AvgIpc) is 2.04. The number of nitrogens with zero attached hydrogens (tertiary/aromatic N) is 1. The molecule has 0 aliphatic rings. The van der Waals surface area contributed by atoms with Gasteiger partial charge in [-0.3, -0.25) is 4.99 Å². The SMILES string of the molecule is COCCN=CC(=CN)C(=O)O. The number of carboxylic acid groups (broad SMARTS) is 1. The Morgan fingerprint density at radius 2 is 2.42 bits per heavy atom. The number of nitrogens with two attached hydrogens (primary N) is 1. The Morgan fingerprint density at radius 3 is 2.83 bits per heavy atom. The van der Waals surface area contributed by atoms with Gasteiger partial charge in [-0.15, -0.1) is 0 Å². The van der Waals surface area contributed by atoms with E-state index in [0.29, 0.717) is 13.2 Å². The largest absolute Gasteiger partial charge is 0.478 e. The highest BCUT2D eigenvalue weighted by molar-refractivity contribution is 6.08. The van der Waals surface area contributed by atoms with Gasteiger partial charge in [0.05, 0.1) is 18.7 Å².